The first kappa shape index (κ1) is 12.2. The summed E-state index contributed by atoms with van der Waals surface area (Å²) in [6, 6.07) is 7.98. The molecule has 0 spiro atoms. The Hall–Kier alpha value is -1.26. The van der Waals surface area contributed by atoms with Crippen LogP contribution < -0.4 is 5.32 Å². The lowest BCUT2D eigenvalue weighted by Gasteiger charge is -2.07. The van der Waals surface area contributed by atoms with Crippen molar-refractivity contribution in [3.05, 3.63) is 46.2 Å². The highest BCUT2D eigenvalue weighted by Crippen LogP contribution is 2.25. The molecule has 0 saturated carbocycles. The first-order valence-corrected chi connectivity index (χ1v) is 6.23. The molecule has 0 radical (unpaired) electrons. The number of hydrogen-bond donors (Lipinski definition) is 1. The molecule has 1 N–H and O–H groups in total. The summed E-state index contributed by atoms with van der Waals surface area (Å²) in [5, 5.41) is 3.12. The Bertz CT molecular complexity index is 526. The number of aromatic nitrogens is 2. The van der Waals surface area contributed by atoms with E-state index in [0.29, 0.717) is 0 Å². The van der Waals surface area contributed by atoms with Crippen LogP contribution in [0.4, 0.5) is 0 Å². The summed E-state index contributed by atoms with van der Waals surface area (Å²) >= 11 is 3.52. The molecule has 2 aromatic rings. The molecule has 2 rings (SSSR count). The Labute approximate surface area is 109 Å². The van der Waals surface area contributed by atoms with Crippen LogP contribution in [0, 0.1) is 6.92 Å². The lowest BCUT2D eigenvalue weighted by molar-refractivity contribution is 0.779. The minimum absolute atomic E-state index is 0.756. The second-order valence-electron chi connectivity index (χ2n) is 3.83. The fourth-order valence-electron chi connectivity index (χ4n) is 1.60. The fourth-order valence-corrected chi connectivity index (χ4v) is 2.06. The van der Waals surface area contributed by atoms with Crippen molar-refractivity contribution in [3.8, 4) is 11.4 Å². The number of nitrogens with zero attached hydrogens (tertiary/aromatic N) is 2. The average molecular weight is 292 g/mol. The number of benzene rings is 1. The highest BCUT2D eigenvalue weighted by atomic mass is 79.9. The van der Waals surface area contributed by atoms with Crippen molar-refractivity contribution in [1.82, 2.24) is 15.3 Å². The molecule has 0 aliphatic rings. The van der Waals surface area contributed by atoms with Crippen molar-refractivity contribution in [1.29, 1.82) is 0 Å². The monoisotopic (exact) mass is 291 g/mol. The predicted molar refractivity (Wildman–Crippen MR) is 72.7 cm³/mol. The summed E-state index contributed by atoms with van der Waals surface area (Å²) in [7, 11) is 1.92. The largest absolute Gasteiger partial charge is 0.314 e. The summed E-state index contributed by atoms with van der Waals surface area (Å²) in [5.74, 6) is 0.758. The van der Waals surface area contributed by atoms with Crippen LogP contribution in [0.15, 0.2) is 34.9 Å². The van der Waals surface area contributed by atoms with Crippen molar-refractivity contribution >= 4 is 15.9 Å². The van der Waals surface area contributed by atoms with Gasteiger partial charge < -0.3 is 5.32 Å². The van der Waals surface area contributed by atoms with Crippen molar-refractivity contribution in [2.45, 2.75) is 13.5 Å². The second-order valence-corrected chi connectivity index (χ2v) is 4.69. The summed E-state index contributed by atoms with van der Waals surface area (Å²) in [4.78, 5) is 8.97. The zero-order chi connectivity index (χ0) is 12.3. The number of hydrogen-bond acceptors (Lipinski definition) is 3. The van der Waals surface area contributed by atoms with Crippen LogP contribution in [0.3, 0.4) is 0 Å². The molecule has 17 heavy (non-hydrogen) atoms. The van der Waals surface area contributed by atoms with Gasteiger partial charge in [0.15, 0.2) is 5.82 Å². The van der Waals surface area contributed by atoms with Gasteiger partial charge in [-0.25, -0.2) is 9.97 Å². The van der Waals surface area contributed by atoms with Gasteiger partial charge in [-0.15, -0.1) is 0 Å². The van der Waals surface area contributed by atoms with E-state index in [1.165, 1.54) is 0 Å². The molecule has 0 unspecified atom stereocenters. The highest BCUT2D eigenvalue weighted by Gasteiger charge is 2.07. The molecule has 0 fully saturated rings. The number of halogens is 1. The summed E-state index contributed by atoms with van der Waals surface area (Å²) < 4.78 is 1.01. The van der Waals surface area contributed by atoms with Crippen LogP contribution in [-0.4, -0.2) is 17.0 Å². The third-order valence-corrected chi connectivity index (χ3v) is 3.23. The zero-order valence-corrected chi connectivity index (χ0v) is 11.5. The molecule has 1 heterocycles. The van der Waals surface area contributed by atoms with Crippen LogP contribution >= 0.6 is 15.9 Å². The number of nitrogens with one attached hydrogen (secondary N) is 1. The van der Waals surface area contributed by atoms with Crippen molar-refractivity contribution in [2.24, 2.45) is 0 Å². The van der Waals surface area contributed by atoms with Gasteiger partial charge in [-0.3, -0.25) is 0 Å². The third-order valence-electron chi connectivity index (χ3n) is 2.54. The van der Waals surface area contributed by atoms with Crippen LogP contribution in [0.2, 0.25) is 0 Å². The second kappa shape index (κ2) is 5.38. The first-order chi connectivity index (χ1) is 8.22. The fraction of sp³-hybridized carbons (Fsp3) is 0.231. The maximum atomic E-state index is 4.59. The van der Waals surface area contributed by atoms with E-state index in [0.717, 1.165) is 33.7 Å². The molecule has 0 aliphatic heterocycles. The summed E-state index contributed by atoms with van der Waals surface area (Å²) in [5.41, 5.74) is 3.16. The van der Waals surface area contributed by atoms with Gasteiger partial charge in [0.05, 0.1) is 5.69 Å². The maximum Gasteiger partial charge on any atom is 0.160 e. The lowest BCUT2D eigenvalue weighted by atomic mass is 10.2. The van der Waals surface area contributed by atoms with Crippen LogP contribution in [0.5, 0.6) is 0 Å². The first-order valence-electron chi connectivity index (χ1n) is 5.44. The van der Waals surface area contributed by atoms with E-state index in [9.17, 15) is 0 Å². The minimum atomic E-state index is 0.756. The molecule has 3 nitrogen and oxygen atoms in total. The molecule has 88 valence electrons. The normalized spacial score (nSPS) is 10.5. The SMILES string of the molecule is CNCc1nc(-c2ccccc2Br)ncc1C. The van der Waals surface area contributed by atoms with E-state index in [-0.39, 0.29) is 0 Å². The van der Waals surface area contributed by atoms with Crippen LogP contribution in [-0.2, 0) is 6.54 Å². The Balaban J connectivity index is 2.46. The third kappa shape index (κ3) is 2.70. The van der Waals surface area contributed by atoms with Crippen molar-refractivity contribution in [2.75, 3.05) is 7.05 Å². The Morgan fingerprint density at radius 3 is 2.76 bits per heavy atom. The van der Waals surface area contributed by atoms with Crippen molar-refractivity contribution < 1.29 is 0 Å². The Morgan fingerprint density at radius 2 is 2.06 bits per heavy atom. The standard InChI is InChI=1S/C13H14BrN3/c1-9-7-16-13(17-12(9)8-15-2)10-5-3-4-6-11(10)14/h3-7,15H,8H2,1-2H3. The van der Waals surface area contributed by atoms with Gasteiger partial charge in [0.2, 0.25) is 0 Å². The number of rotatable bonds is 3. The van der Waals surface area contributed by atoms with Gasteiger partial charge in [-0.05, 0) is 25.6 Å². The van der Waals surface area contributed by atoms with Crippen LogP contribution in [0.25, 0.3) is 11.4 Å². The summed E-state index contributed by atoms with van der Waals surface area (Å²) in [6.45, 7) is 2.78. The van der Waals surface area contributed by atoms with Gasteiger partial charge in [0.25, 0.3) is 0 Å². The lowest BCUT2D eigenvalue weighted by Crippen LogP contribution is -2.10. The van der Waals surface area contributed by atoms with Gasteiger partial charge in [-0.2, -0.15) is 0 Å². The molecule has 0 bridgehead atoms. The molecule has 0 aliphatic carbocycles. The summed E-state index contributed by atoms with van der Waals surface area (Å²) in [6.07, 6.45) is 1.87. The minimum Gasteiger partial charge on any atom is -0.314 e. The molecule has 0 amide bonds. The molecule has 1 aromatic carbocycles. The molecule has 1 aromatic heterocycles. The molecular weight excluding hydrogens is 278 g/mol. The quantitative estimate of drug-likeness (QED) is 0.945. The topological polar surface area (TPSA) is 37.8 Å². The van der Waals surface area contributed by atoms with E-state index in [1.807, 2.05) is 44.4 Å². The predicted octanol–water partition coefficient (Wildman–Crippen LogP) is 2.93. The van der Waals surface area contributed by atoms with E-state index in [4.69, 9.17) is 0 Å². The van der Waals surface area contributed by atoms with Gasteiger partial charge >= 0.3 is 0 Å². The molecule has 4 heteroatoms. The number of aryl methyl sites for hydroxylation is 1. The molecular formula is C13H14BrN3. The highest BCUT2D eigenvalue weighted by molar-refractivity contribution is 9.10. The van der Waals surface area contributed by atoms with E-state index >= 15 is 0 Å². The van der Waals surface area contributed by atoms with Gasteiger partial charge in [0.1, 0.15) is 0 Å². The van der Waals surface area contributed by atoms with Gasteiger partial charge in [0, 0.05) is 22.8 Å². The Morgan fingerprint density at radius 1 is 1.29 bits per heavy atom. The Kier molecular flexibility index (Phi) is 3.86. The zero-order valence-electron chi connectivity index (χ0n) is 9.87. The van der Waals surface area contributed by atoms with Crippen LogP contribution in [0.1, 0.15) is 11.3 Å². The van der Waals surface area contributed by atoms with Gasteiger partial charge in [-0.1, -0.05) is 34.1 Å². The van der Waals surface area contributed by atoms with E-state index in [2.05, 4.69) is 31.2 Å². The van der Waals surface area contributed by atoms with Crippen molar-refractivity contribution in [3.63, 3.8) is 0 Å². The smallest absolute Gasteiger partial charge is 0.160 e. The average Bonchev–Trinajstić information content (AvgIpc) is 2.33. The maximum absolute atomic E-state index is 4.59. The van der Waals surface area contributed by atoms with E-state index < -0.39 is 0 Å². The molecule has 0 saturated heterocycles. The molecule has 0 atom stereocenters. The van der Waals surface area contributed by atoms with E-state index in [1.54, 1.807) is 0 Å².